The molecule has 0 radical (unpaired) electrons. The van der Waals surface area contributed by atoms with Gasteiger partial charge in [0.05, 0.1) is 12.1 Å². The summed E-state index contributed by atoms with van der Waals surface area (Å²) in [6.45, 7) is 0. The highest BCUT2D eigenvalue weighted by Gasteiger charge is 2.12. The van der Waals surface area contributed by atoms with Crippen LogP contribution in [-0.2, 0) is 0 Å². The molecule has 0 aliphatic heterocycles. The van der Waals surface area contributed by atoms with E-state index in [4.69, 9.17) is 27.9 Å². The van der Waals surface area contributed by atoms with E-state index in [-0.39, 0.29) is 6.04 Å². The van der Waals surface area contributed by atoms with Crippen LogP contribution < -0.4 is 10.1 Å². The predicted octanol–water partition coefficient (Wildman–Crippen LogP) is 5.05. The zero-order valence-electron chi connectivity index (χ0n) is 11.9. The van der Waals surface area contributed by atoms with Crippen LogP contribution in [0.3, 0.4) is 0 Å². The number of benzene rings is 2. The van der Waals surface area contributed by atoms with E-state index >= 15 is 0 Å². The van der Waals surface area contributed by atoms with Crippen molar-refractivity contribution in [3.05, 3.63) is 58.1 Å². The van der Waals surface area contributed by atoms with E-state index < -0.39 is 0 Å². The van der Waals surface area contributed by atoms with Crippen molar-refractivity contribution in [2.24, 2.45) is 0 Å². The summed E-state index contributed by atoms with van der Waals surface area (Å²) in [5.41, 5.74) is 1.18. The van der Waals surface area contributed by atoms with E-state index in [1.807, 2.05) is 37.4 Å². The highest BCUT2D eigenvalue weighted by molar-refractivity contribution is 7.99. The molecule has 0 aromatic heterocycles. The Balaban J connectivity index is 2.10. The average Bonchev–Trinajstić information content (AvgIpc) is 2.51. The van der Waals surface area contributed by atoms with Crippen LogP contribution in [0.1, 0.15) is 11.6 Å². The van der Waals surface area contributed by atoms with E-state index in [1.54, 1.807) is 24.9 Å². The Morgan fingerprint density at radius 3 is 2.71 bits per heavy atom. The first-order chi connectivity index (χ1) is 10.1. The van der Waals surface area contributed by atoms with Gasteiger partial charge in [0.2, 0.25) is 0 Å². The Hall–Kier alpha value is -0.870. The molecule has 1 atom stereocenters. The topological polar surface area (TPSA) is 21.3 Å². The zero-order valence-corrected chi connectivity index (χ0v) is 14.2. The number of hydrogen-bond donors (Lipinski definition) is 1. The van der Waals surface area contributed by atoms with Crippen molar-refractivity contribution in [3.8, 4) is 5.75 Å². The Morgan fingerprint density at radius 1 is 1.19 bits per heavy atom. The number of thioether (sulfide) groups is 1. The molecule has 1 unspecified atom stereocenters. The lowest BCUT2D eigenvalue weighted by Gasteiger charge is -2.17. The van der Waals surface area contributed by atoms with E-state index in [1.165, 1.54) is 5.56 Å². The first-order valence-electron chi connectivity index (χ1n) is 6.53. The van der Waals surface area contributed by atoms with Crippen LogP contribution >= 0.6 is 35.0 Å². The second-order valence-electron chi connectivity index (χ2n) is 4.50. The maximum absolute atomic E-state index is 6.20. The van der Waals surface area contributed by atoms with Crippen LogP contribution in [0.5, 0.6) is 5.75 Å². The van der Waals surface area contributed by atoms with E-state index in [2.05, 4.69) is 11.4 Å². The van der Waals surface area contributed by atoms with Crippen molar-refractivity contribution < 1.29 is 4.74 Å². The lowest BCUT2D eigenvalue weighted by atomic mass is 10.1. The van der Waals surface area contributed by atoms with Gasteiger partial charge in [0.25, 0.3) is 0 Å². The van der Waals surface area contributed by atoms with Crippen LogP contribution in [0.2, 0.25) is 10.0 Å². The first kappa shape index (κ1) is 16.5. The Bertz CT molecular complexity index is 607. The fraction of sp³-hybridized carbons (Fsp3) is 0.250. The minimum Gasteiger partial charge on any atom is -0.497 e. The number of ether oxygens (including phenoxy) is 1. The minimum absolute atomic E-state index is 0.208. The molecule has 21 heavy (non-hydrogen) atoms. The normalized spacial score (nSPS) is 12.2. The van der Waals surface area contributed by atoms with Crippen LogP contribution in [0.15, 0.2) is 47.4 Å². The summed E-state index contributed by atoms with van der Waals surface area (Å²) in [5, 5.41) is 4.75. The highest BCUT2D eigenvalue weighted by atomic mass is 35.5. The number of methoxy groups -OCH3 is 1. The molecule has 1 N–H and O–H groups in total. The van der Waals surface area contributed by atoms with Crippen molar-refractivity contribution in [1.82, 2.24) is 5.32 Å². The predicted molar refractivity (Wildman–Crippen MR) is 92.0 cm³/mol. The largest absolute Gasteiger partial charge is 0.497 e. The van der Waals surface area contributed by atoms with Crippen LogP contribution in [-0.4, -0.2) is 19.9 Å². The average molecular weight is 342 g/mol. The summed E-state index contributed by atoms with van der Waals surface area (Å²) in [5.74, 6) is 1.71. The quantitative estimate of drug-likeness (QED) is 0.742. The Morgan fingerprint density at radius 2 is 2.00 bits per heavy atom. The summed E-state index contributed by atoms with van der Waals surface area (Å²) >= 11 is 13.9. The number of hydrogen-bond acceptors (Lipinski definition) is 3. The van der Waals surface area contributed by atoms with Gasteiger partial charge in [0.1, 0.15) is 5.75 Å². The SMILES string of the molecule is CNC(CSc1cc(Cl)ccc1Cl)c1cccc(OC)c1. The molecule has 0 aliphatic rings. The van der Waals surface area contributed by atoms with Gasteiger partial charge in [0, 0.05) is 21.7 Å². The van der Waals surface area contributed by atoms with Gasteiger partial charge in [-0.15, -0.1) is 11.8 Å². The molecule has 0 amide bonds. The molecule has 2 aromatic rings. The molecular formula is C16H17Cl2NOS. The fourth-order valence-electron chi connectivity index (χ4n) is 1.97. The van der Waals surface area contributed by atoms with E-state index in [0.29, 0.717) is 5.02 Å². The van der Waals surface area contributed by atoms with Gasteiger partial charge in [-0.3, -0.25) is 0 Å². The smallest absolute Gasteiger partial charge is 0.119 e. The van der Waals surface area contributed by atoms with Gasteiger partial charge in [-0.05, 0) is 42.9 Å². The summed E-state index contributed by atoms with van der Waals surface area (Å²) in [6, 6.07) is 13.8. The van der Waals surface area contributed by atoms with Gasteiger partial charge in [0.15, 0.2) is 0 Å². The molecule has 5 heteroatoms. The van der Waals surface area contributed by atoms with Crippen LogP contribution in [0.25, 0.3) is 0 Å². The van der Waals surface area contributed by atoms with Gasteiger partial charge in [-0.25, -0.2) is 0 Å². The van der Waals surface area contributed by atoms with Crippen molar-refractivity contribution in [3.63, 3.8) is 0 Å². The maximum atomic E-state index is 6.20. The Kier molecular flexibility index (Phi) is 6.24. The monoisotopic (exact) mass is 341 g/mol. The first-order valence-corrected chi connectivity index (χ1v) is 8.27. The second-order valence-corrected chi connectivity index (χ2v) is 6.41. The summed E-state index contributed by atoms with van der Waals surface area (Å²) < 4.78 is 5.27. The van der Waals surface area contributed by atoms with Gasteiger partial charge in [-0.1, -0.05) is 35.3 Å². The zero-order chi connectivity index (χ0) is 15.2. The molecule has 2 rings (SSSR count). The minimum atomic E-state index is 0.208. The van der Waals surface area contributed by atoms with Gasteiger partial charge < -0.3 is 10.1 Å². The van der Waals surface area contributed by atoms with Crippen LogP contribution in [0, 0.1) is 0 Å². The van der Waals surface area contributed by atoms with Gasteiger partial charge >= 0.3 is 0 Å². The molecule has 2 nitrogen and oxygen atoms in total. The number of rotatable bonds is 6. The summed E-state index contributed by atoms with van der Waals surface area (Å²) in [4.78, 5) is 0.993. The third kappa shape index (κ3) is 4.55. The number of nitrogens with one attached hydrogen (secondary N) is 1. The molecule has 0 spiro atoms. The molecule has 112 valence electrons. The lowest BCUT2D eigenvalue weighted by molar-refractivity contribution is 0.413. The Labute approximate surface area is 139 Å². The standard InChI is InChI=1S/C16H17Cl2NOS/c1-19-15(11-4-3-5-13(8-11)20-2)10-21-16-9-12(17)6-7-14(16)18/h3-9,15,19H,10H2,1-2H3. The maximum Gasteiger partial charge on any atom is 0.119 e. The molecular weight excluding hydrogens is 325 g/mol. The van der Waals surface area contributed by atoms with Crippen LogP contribution in [0.4, 0.5) is 0 Å². The van der Waals surface area contributed by atoms with E-state index in [9.17, 15) is 0 Å². The fourth-order valence-corrected chi connectivity index (χ4v) is 3.60. The van der Waals surface area contributed by atoms with Crippen molar-refractivity contribution >= 4 is 35.0 Å². The summed E-state index contributed by atoms with van der Waals surface area (Å²) in [6.07, 6.45) is 0. The van der Waals surface area contributed by atoms with Crippen molar-refractivity contribution in [2.45, 2.75) is 10.9 Å². The molecule has 0 bridgehead atoms. The molecule has 0 aliphatic carbocycles. The van der Waals surface area contributed by atoms with Crippen molar-refractivity contribution in [1.29, 1.82) is 0 Å². The molecule has 0 saturated carbocycles. The highest BCUT2D eigenvalue weighted by Crippen LogP contribution is 2.32. The molecule has 2 aromatic carbocycles. The van der Waals surface area contributed by atoms with Crippen molar-refractivity contribution in [2.75, 3.05) is 19.9 Å². The lowest BCUT2D eigenvalue weighted by Crippen LogP contribution is -2.18. The third-order valence-corrected chi connectivity index (χ3v) is 4.97. The molecule has 0 saturated heterocycles. The summed E-state index contributed by atoms with van der Waals surface area (Å²) in [7, 11) is 3.62. The molecule has 0 fully saturated rings. The second kappa shape index (κ2) is 7.95. The van der Waals surface area contributed by atoms with E-state index in [0.717, 1.165) is 21.4 Å². The molecule has 0 heterocycles. The number of halogens is 2. The van der Waals surface area contributed by atoms with Gasteiger partial charge in [-0.2, -0.15) is 0 Å². The third-order valence-electron chi connectivity index (χ3n) is 3.14.